The molecule has 0 saturated carbocycles. The van der Waals surface area contributed by atoms with Gasteiger partial charge in [0.05, 0.1) is 32.7 Å². The summed E-state index contributed by atoms with van der Waals surface area (Å²) in [7, 11) is 3.50. The van der Waals surface area contributed by atoms with E-state index in [1.165, 1.54) is 18.1 Å². The second kappa shape index (κ2) is 7.81. The number of fused-ring (bicyclic) bond motifs is 3. The molecule has 1 amide bonds. The van der Waals surface area contributed by atoms with Crippen LogP contribution in [0.15, 0.2) is 71.9 Å². The second-order valence-corrected chi connectivity index (χ2v) is 7.09. The van der Waals surface area contributed by atoms with Gasteiger partial charge in [0.25, 0.3) is 5.91 Å². The molecule has 2 aliphatic heterocycles. The molecule has 0 aromatic heterocycles. The summed E-state index contributed by atoms with van der Waals surface area (Å²) >= 11 is 0. The van der Waals surface area contributed by atoms with Crippen molar-refractivity contribution in [3.8, 4) is 0 Å². The van der Waals surface area contributed by atoms with Crippen molar-refractivity contribution in [2.75, 3.05) is 26.2 Å². The molecule has 0 atom stereocenters. The Kier molecular flexibility index (Phi) is 5.14. The van der Waals surface area contributed by atoms with Crippen molar-refractivity contribution in [1.82, 2.24) is 0 Å². The first-order valence-corrected chi connectivity index (χ1v) is 9.64. The van der Waals surface area contributed by atoms with E-state index in [-0.39, 0.29) is 28.1 Å². The fourth-order valence-electron chi connectivity index (χ4n) is 4.16. The Balaban J connectivity index is 2.13. The maximum atomic E-state index is 13.5. The van der Waals surface area contributed by atoms with Gasteiger partial charge in [-0.25, -0.2) is 4.79 Å². The number of methoxy groups -OCH3 is 3. The van der Waals surface area contributed by atoms with Gasteiger partial charge in [0, 0.05) is 11.1 Å². The van der Waals surface area contributed by atoms with Crippen LogP contribution >= 0.6 is 0 Å². The molecule has 0 radical (unpaired) electrons. The lowest BCUT2D eigenvalue weighted by Crippen LogP contribution is -2.48. The third kappa shape index (κ3) is 2.76. The molecule has 2 aromatic carbocycles. The number of anilines is 1. The predicted octanol–water partition coefficient (Wildman–Crippen LogP) is 2.14. The Morgan fingerprint density at radius 1 is 0.812 bits per heavy atom. The van der Waals surface area contributed by atoms with Gasteiger partial charge in [0.2, 0.25) is 5.41 Å². The maximum absolute atomic E-state index is 13.5. The van der Waals surface area contributed by atoms with Gasteiger partial charge in [-0.15, -0.1) is 0 Å². The Hall–Kier alpha value is -4.20. The smallest absolute Gasteiger partial charge is 0.344 e. The lowest BCUT2D eigenvalue weighted by atomic mass is 9.75. The van der Waals surface area contributed by atoms with E-state index >= 15 is 0 Å². The van der Waals surface area contributed by atoms with Crippen LogP contribution in [0.3, 0.4) is 0 Å². The average Bonchev–Trinajstić information content (AvgIpc) is 3.14. The van der Waals surface area contributed by atoms with Crippen LogP contribution in [-0.4, -0.2) is 45.1 Å². The largest absolute Gasteiger partial charge is 0.468 e. The molecule has 0 spiro atoms. The number of nitrogens with zero attached hydrogens (tertiary/aromatic N) is 1. The quantitative estimate of drug-likeness (QED) is 0.315. The van der Waals surface area contributed by atoms with Crippen LogP contribution in [-0.2, 0) is 38.8 Å². The van der Waals surface area contributed by atoms with Crippen LogP contribution in [0.2, 0.25) is 0 Å². The number of hydrogen-bond donors (Lipinski definition) is 0. The monoisotopic (exact) mass is 433 g/mol. The molecule has 0 unspecified atom stereocenters. The first-order chi connectivity index (χ1) is 15.4. The van der Waals surface area contributed by atoms with Crippen molar-refractivity contribution in [2.24, 2.45) is 0 Å². The van der Waals surface area contributed by atoms with Crippen molar-refractivity contribution < 1.29 is 33.4 Å². The van der Waals surface area contributed by atoms with Gasteiger partial charge in [-0.3, -0.25) is 19.3 Å². The molecule has 2 heterocycles. The minimum atomic E-state index is -1.97. The Morgan fingerprint density at radius 3 is 2.00 bits per heavy atom. The molecule has 2 aromatic rings. The van der Waals surface area contributed by atoms with Crippen molar-refractivity contribution in [3.05, 3.63) is 83.1 Å². The third-order valence-electron chi connectivity index (χ3n) is 5.55. The Bertz CT molecular complexity index is 1190. The number of para-hydroxylation sites is 1. The number of benzene rings is 2. The zero-order valence-corrected chi connectivity index (χ0v) is 17.6. The topological polar surface area (TPSA) is 99.2 Å². The highest BCUT2D eigenvalue weighted by molar-refractivity contribution is 6.35. The Labute approximate surface area is 183 Å². The average molecular weight is 433 g/mol. The normalized spacial score (nSPS) is 16.0. The summed E-state index contributed by atoms with van der Waals surface area (Å²) in [6.45, 7) is 0. The number of ether oxygens (including phenoxy) is 3. The first-order valence-electron chi connectivity index (χ1n) is 9.64. The minimum Gasteiger partial charge on any atom is -0.468 e. The Morgan fingerprint density at radius 2 is 1.41 bits per heavy atom. The molecule has 0 fully saturated rings. The fraction of sp³-hybridized carbons (Fsp3) is 0.167. The van der Waals surface area contributed by atoms with Crippen LogP contribution in [0.4, 0.5) is 5.69 Å². The van der Waals surface area contributed by atoms with Gasteiger partial charge in [0.15, 0.2) is 0 Å². The number of hydrogen-bond acceptors (Lipinski definition) is 7. The van der Waals surface area contributed by atoms with Gasteiger partial charge in [-0.2, -0.15) is 0 Å². The van der Waals surface area contributed by atoms with E-state index in [1.54, 1.807) is 54.6 Å². The highest BCUT2D eigenvalue weighted by atomic mass is 16.5. The van der Waals surface area contributed by atoms with Crippen molar-refractivity contribution in [1.29, 1.82) is 0 Å². The predicted molar refractivity (Wildman–Crippen MR) is 113 cm³/mol. The van der Waals surface area contributed by atoms with Gasteiger partial charge < -0.3 is 14.2 Å². The zero-order chi connectivity index (χ0) is 23.0. The molecule has 4 rings (SSSR count). The van der Waals surface area contributed by atoms with Crippen molar-refractivity contribution in [3.63, 3.8) is 0 Å². The highest BCUT2D eigenvalue weighted by Crippen LogP contribution is 2.50. The third-order valence-corrected chi connectivity index (χ3v) is 5.55. The number of esters is 3. The summed E-state index contributed by atoms with van der Waals surface area (Å²) in [5.41, 5.74) is -0.737. The molecule has 0 saturated heterocycles. The van der Waals surface area contributed by atoms with Crippen LogP contribution in [0.1, 0.15) is 11.1 Å². The number of amides is 1. The number of carbonyl (C=O) groups excluding carboxylic acids is 4. The van der Waals surface area contributed by atoms with E-state index in [4.69, 9.17) is 14.2 Å². The molecule has 0 aliphatic carbocycles. The fourth-order valence-corrected chi connectivity index (χ4v) is 4.16. The molecule has 8 heteroatoms. The summed E-state index contributed by atoms with van der Waals surface area (Å²) in [6.07, 6.45) is 1.32. The van der Waals surface area contributed by atoms with Gasteiger partial charge in [-0.05, 0) is 17.7 Å². The van der Waals surface area contributed by atoms with Gasteiger partial charge in [-0.1, -0.05) is 48.5 Å². The summed E-state index contributed by atoms with van der Waals surface area (Å²) in [4.78, 5) is 53.6. The van der Waals surface area contributed by atoms with E-state index in [1.807, 2.05) is 0 Å². The molecule has 162 valence electrons. The van der Waals surface area contributed by atoms with E-state index in [2.05, 4.69) is 0 Å². The van der Waals surface area contributed by atoms with Crippen LogP contribution in [0, 0.1) is 0 Å². The first kappa shape index (κ1) is 21.0. The van der Waals surface area contributed by atoms with Crippen LogP contribution < -0.4 is 4.90 Å². The van der Waals surface area contributed by atoms with Crippen molar-refractivity contribution in [2.45, 2.75) is 5.41 Å². The highest BCUT2D eigenvalue weighted by Gasteiger charge is 2.56. The zero-order valence-electron chi connectivity index (χ0n) is 17.6. The standard InChI is InChI=1S/C24H19NO7/c1-30-21(27)19-18(14-9-5-4-6-10-14)17-13-24(22(28)31-2,23(29)32-3)15-11-7-8-12-16(15)25(17)20(19)26/h4-13H,1-3H3. The molecule has 32 heavy (non-hydrogen) atoms. The summed E-state index contributed by atoms with van der Waals surface area (Å²) in [5.74, 6) is -3.22. The lowest BCUT2D eigenvalue weighted by molar-refractivity contribution is -0.159. The van der Waals surface area contributed by atoms with Crippen LogP contribution in [0.25, 0.3) is 5.57 Å². The molecule has 0 bridgehead atoms. The summed E-state index contributed by atoms with van der Waals surface area (Å²) in [5, 5.41) is 0. The molecule has 8 nitrogen and oxygen atoms in total. The van der Waals surface area contributed by atoms with Crippen molar-refractivity contribution >= 4 is 35.1 Å². The number of allylic oxidation sites excluding steroid dienone is 1. The van der Waals surface area contributed by atoms with Crippen LogP contribution in [0.5, 0.6) is 0 Å². The minimum absolute atomic E-state index is 0.191. The SMILES string of the molecule is COC(=O)C1=C(c2ccccc2)C2=CC(C(=O)OC)(C(=O)OC)c3ccccc3N2C1=O. The molecular weight excluding hydrogens is 414 g/mol. The molecule has 0 N–H and O–H groups in total. The van der Waals surface area contributed by atoms with E-state index in [0.717, 1.165) is 14.2 Å². The van der Waals surface area contributed by atoms with E-state index in [0.29, 0.717) is 5.56 Å². The lowest BCUT2D eigenvalue weighted by Gasteiger charge is -2.36. The number of carbonyl (C=O) groups is 4. The van der Waals surface area contributed by atoms with Gasteiger partial charge in [0.1, 0.15) is 5.57 Å². The molecular formula is C24H19NO7. The summed E-state index contributed by atoms with van der Waals surface area (Å²) < 4.78 is 14.9. The molecule has 2 aliphatic rings. The summed E-state index contributed by atoms with van der Waals surface area (Å²) in [6, 6.07) is 15.1. The number of rotatable bonds is 4. The van der Waals surface area contributed by atoms with E-state index < -0.39 is 29.2 Å². The maximum Gasteiger partial charge on any atom is 0.344 e. The second-order valence-electron chi connectivity index (χ2n) is 7.09. The van der Waals surface area contributed by atoms with E-state index in [9.17, 15) is 19.2 Å². The van der Waals surface area contributed by atoms with Gasteiger partial charge >= 0.3 is 17.9 Å².